The summed E-state index contributed by atoms with van der Waals surface area (Å²) in [5.74, 6) is 1.58. The van der Waals surface area contributed by atoms with Crippen LogP contribution in [-0.2, 0) is 4.74 Å². The summed E-state index contributed by atoms with van der Waals surface area (Å²) >= 11 is 0. The van der Waals surface area contributed by atoms with E-state index < -0.39 is 0 Å². The van der Waals surface area contributed by atoms with Crippen LogP contribution in [-0.4, -0.2) is 23.3 Å². The van der Waals surface area contributed by atoms with Gasteiger partial charge in [-0.2, -0.15) is 4.98 Å². The lowest BCUT2D eigenvalue weighted by molar-refractivity contribution is 0.0555. The molecule has 1 aromatic heterocycles. The van der Waals surface area contributed by atoms with Gasteiger partial charge in [-0.05, 0) is 12.3 Å². The molecule has 0 radical (unpaired) electrons. The molecule has 0 fully saturated rings. The van der Waals surface area contributed by atoms with Gasteiger partial charge < -0.3 is 15.0 Å². The molecule has 0 saturated carbocycles. The second kappa shape index (κ2) is 6.12. The lowest BCUT2D eigenvalue weighted by Crippen LogP contribution is -2.25. The van der Waals surface area contributed by atoms with Crippen molar-refractivity contribution in [1.29, 1.82) is 0 Å². The van der Waals surface area contributed by atoms with Gasteiger partial charge in [0.25, 0.3) is 0 Å². The molecule has 0 saturated heterocycles. The summed E-state index contributed by atoms with van der Waals surface area (Å²) in [6.45, 7) is 8.17. The number of nitrogens with zero attached hydrogens (tertiary/aromatic N) is 2. The van der Waals surface area contributed by atoms with Crippen LogP contribution in [0.1, 0.15) is 57.9 Å². The Hall–Kier alpha value is -0.940. The highest BCUT2D eigenvalue weighted by atomic mass is 16.5. The predicted molar refractivity (Wildman–Crippen MR) is 65.6 cm³/mol. The zero-order valence-electron chi connectivity index (χ0n) is 11.3. The molecule has 5 nitrogen and oxygen atoms in total. The van der Waals surface area contributed by atoms with Gasteiger partial charge in [-0.1, -0.05) is 32.9 Å². The van der Waals surface area contributed by atoms with Crippen LogP contribution in [0.3, 0.4) is 0 Å². The summed E-state index contributed by atoms with van der Waals surface area (Å²) in [6.07, 6.45) is 0.758. The van der Waals surface area contributed by atoms with Crippen molar-refractivity contribution in [1.82, 2.24) is 10.1 Å². The third kappa shape index (κ3) is 3.26. The van der Waals surface area contributed by atoms with Crippen molar-refractivity contribution in [3.8, 4) is 0 Å². The van der Waals surface area contributed by atoms with Crippen LogP contribution >= 0.6 is 0 Å². The smallest absolute Gasteiger partial charge is 0.231 e. The fourth-order valence-corrected chi connectivity index (χ4v) is 1.76. The molecule has 0 bridgehead atoms. The lowest BCUT2D eigenvalue weighted by Gasteiger charge is -2.15. The monoisotopic (exact) mass is 241 g/mol. The van der Waals surface area contributed by atoms with E-state index >= 15 is 0 Å². The van der Waals surface area contributed by atoms with Crippen molar-refractivity contribution in [2.45, 2.75) is 52.2 Å². The van der Waals surface area contributed by atoms with Gasteiger partial charge in [-0.15, -0.1) is 0 Å². The van der Waals surface area contributed by atoms with E-state index in [2.05, 4.69) is 24.0 Å². The zero-order valence-corrected chi connectivity index (χ0v) is 11.3. The molecule has 0 aliphatic rings. The Balaban J connectivity index is 2.83. The van der Waals surface area contributed by atoms with E-state index in [4.69, 9.17) is 15.0 Å². The lowest BCUT2D eigenvalue weighted by atomic mass is 10.0. The molecule has 17 heavy (non-hydrogen) atoms. The molecule has 0 aromatic carbocycles. The highest BCUT2D eigenvalue weighted by Gasteiger charge is 2.25. The minimum absolute atomic E-state index is 0.0448. The van der Waals surface area contributed by atoms with Gasteiger partial charge in [-0.25, -0.2) is 0 Å². The normalized spacial score (nSPS) is 17.1. The SMILES string of the molecule is CCC(N)C(C)c1nc(C(OC)C(C)C)no1. The highest BCUT2D eigenvalue weighted by molar-refractivity contribution is 4.99. The van der Waals surface area contributed by atoms with Crippen LogP contribution in [0.15, 0.2) is 4.52 Å². The minimum atomic E-state index is -0.127. The van der Waals surface area contributed by atoms with Crippen LogP contribution in [0.25, 0.3) is 0 Å². The maximum atomic E-state index is 5.97. The van der Waals surface area contributed by atoms with Crippen LogP contribution in [0, 0.1) is 5.92 Å². The number of methoxy groups -OCH3 is 1. The first-order valence-corrected chi connectivity index (χ1v) is 6.13. The number of nitrogens with two attached hydrogens (primary N) is 1. The van der Waals surface area contributed by atoms with E-state index in [1.165, 1.54) is 0 Å². The first-order valence-electron chi connectivity index (χ1n) is 6.13. The average molecular weight is 241 g/mol. The van der Waals surface area contributed by atoms with Crippen molar-refractivity contribution in [2.75, 3.05) is 7.11 Å². The van der Waals surface area contributed by atoms with Crippen LogP contribution in [0.4, 0.5) is 0 Å². The molecule has 0 spiro atoms. The van der Waals surface area contributed by atoms with E-state index in [1.807, 2.05) is 13.8 Å². The van der Waals surface area contributed by atoms with Gasteiger partial charge in [0.1, 0.15) is 6.10 Å². The summed E-state index contributed by atoms with van der Waals surface area (Å²) in [6, 6.07) is 0.0448. The molecule has 0 aliphatic heterocycles. The largest absolute Gasteiger partial charge is 0.373 e. The molecule has 1 heterocycles. The van der Waals surface area contributed by atoms with E-state index in [0.717, 1.165) is 6.42 Å². The molecular formula is C12H23N3O2. The Morgan fingerprint density at radius 2 is 2.00 bits per heavy atom. The third-order valence-corrected chi connectivity index (χ3v) is 3.07. The Morgan fingerprint density at radius 3 is 2.47 bits per heavy atom. The number of hydrogen-bond acceptors (Lipinski definition) is 5. The standard InChI is InChI=1S/C12H23N3O2/c1-6-9(13)8(4)12-14-11(15-17-12)10(16-5)7(2)3/h7-10H,6,13H2,1-5H3. The summed E-state index contributed by atoms with van der Waals surface area (Å²) in [4.78, 5) is 4.39. The van der Waals surface area contributed by atoms with Crippen molar-refractivity contribution in [3.63, 3.8) is 0 Å². The van der Waals surface area contributed by atoms with E-state index in [1.54, 1.807) is 7.11 Å². The van der Waals surface area contributed by atoms with Gasteiger partial charge >= 0.3 is 0 Å². The predicted octanol–water partition coefficient (Wildman–Crippen LogP) is 2.25. The van der Waals surface area contributed by atoms with Crippen molar-refractivity contribution >= 4 is 0 Å². The van der Waals surface area contributed by atoms with Crippen LogP contribution in [0.2, 0.25) is 0 Å². The fourth-order valence-electron chi connectivity index (χ4n) is 1.76. The minimum Gasteiger partial charge on any atom is -0.373 e. The molecule has 1 aromatic rings. The zero-order chi connectivity index (χ0) is 13.0. The fraction of sp³-hybridized carbons (Fsp3) is 0.833. The van der Waals surface area contributed by atoms with Gasteiger partial charge in [0.2, 0.25) is 11.7 Å². The molecule has 2 N–H and O–H groups in total. The van der Waals surface area contributed by atoms with Crippen molar-refractivity contribution < 1.29 is 9.26 Å². The van der Waals surface area contributed by atoms with E-state index in [-0.39, 0.29) is 18.1 Å². The quantitative estimate of drug-likeness (QED) is 0.826. The Labute approximate surface area is 103 Å². The summed E-state index contributed by atoms with van der Waals surface area (Å²) in [5, 5.41) is 3.98. The second-order valence-electron chi connectivity index (χ2n) is 4.75. The Morgan fingerprint density at radius 1 is 1.35 bits per heavy atom. The molecule has 3 atom stereocenters. The first kappa shape index (κ1) is 14.1. The molecule has 5 heteroatoms. The van der Waals surface area contributed by atoms with Crippen molar-refractivity contribution in [2.24, 2.45) is 11.7 Å². The third-order valence-electron chi connectivity index (χ3n) is 3.07. The summed E-state index contributed by atoms with van der Waals surface area (Å²) in [7, 11) is 1.65. The maximum absolute atomic E-state index is 5.97. The van der Waals surface area contributed by atoms with Gasteiger partial charge in [-0.3, -0.25) is 0 Å². The second-order valence-corrected chi connectivity index (χ2v) is 4.75. The summed E-state index contributed by atoms with van der Waals surface area (Å²) < 4.78 is 10.6. The number of ether oxygens (including phenoxy) is 1. The summed E-state index contributed by atoms with van der Waals surface area (Å²) in [5.41, 5.74) is 5.97. The molecule has 0 amide bonds. The number of rotatable bonds is 6. The Kier molecular flexibility index (Phi) is 5.08. The van der Waals surface area contributed by atoms with Gasteiger partial charge in [0.05, 0.1) is 5.92 Å². The highest BCUT2D eigenvalue weighted by Crippen LogP contribution is 2.25. The van der Waals surface area contributed by atoms with Gasteiger partial charge in [0.15, 0.2) is 0 Å². The topological polar surface area (TPSA) is 74.2 Å². The van der Waals surface area contributed by atoms with Gasteiger partial charge in [0, 0.05) is 13.2 Å². The molecule has 0 aliphatic carbocycles. The molecular weight excluding hydrogens is 218 g/mol. The maximum Gasteiger partial charge on any atom is 0.231 e. The molecule has 3 unspecified atom stereocenters. The van der Waals surface area contributed by atoms with Crippen LogP contribution < -0.4 is 5.73 Å². The number of aromatic nitrogens is 2. The van der Waals surface area contributed by atoms with E-state index in [9.17, 15) is 0 Å². The Bertz CT molecular complexity index is 338. The molecule has 1 rings (SSSR count). The molecule has 98 valence electrons. The van der Waals surface area contributed by atoms with Crippen molar-refractivity contribution in [3.05, 3.63) is 11.7 Å². The first-order chi connectivity index (χ1) is 8.01. The number of hydrogen-bond donors (Lipinski definition) is 1. The van der Waals surface area contributed by atoms with E-state index in [0.29, 0.717) is 17.6 Å². The van der Waals surface area contributed by atoms with Crippen LogP contribution in [0.5, 0.6) is 0 Å². The average Bonchev–Trinajstić information content (AvgIpc) is 2.76.